The molecular formula is C19H20F2N2O4. The highest BCUT2D eigenvalue weighted by molar-refractivity contribution is 5.95. The molecule has 2 amide bonds. The second-order valence-corrected chi connectivity index (χ2v) is 5.63. The minimum Gasteiger partial charge on any atom is -0.497 e. The molecule has 27 heavy (non-hydrogen) atoms. The number of ether oxygens (including phenoxy) is 2. The summed E-state index contributed by atoms with van der Waals surface area (Å²) >= 11 is 0. The zero-order chi connectivity index (χ0) is 20.0. The molecule has 8 heteroatoms. The maximum Gasteiger partial charge on any atom is 0.251 e. The van der Waals surface area contributed by atoms with E-state index in [9.17, 15) is 18.4 Å². The lowest BCUT2D eigenvalue weighted by Gasteiger charge is -2.21. The van der Waals surface area contributed by atoms with Crippen molar-refractivity contribution < 1.29 is 27.8 Å². The number of amides is 2. The Morgan fingerprint density at radius 3 is 2.15 bits per heavy atom. The molecule has 0 saturated carbocycles. The van der Waals surface area contributed by atoms with Crippen LogP contribution in [0, 0.1) is 11.6 Å². The molecule has 0 aliphatic heterocycles. The van der Waals surface area contributed by atoms with Crippen LogP contribution in [0.15, 0.2) is 36.4 Å². The molecule has 0 saturated heterocycles. The van der Waals surface area contributed by atoms with Crippen LogP contribution in [-0.4, -0.2) is 39.1 Å². The van der Waals surface area contributed by atoms with Crippen molar-refractivity contribution in [3.8, 4) is 11.5 Å². The minimum absolute atomic E-state index is 0.0905. The summed E-state index contributed by atoms with van der Waals surface area (Å²) in [6.07, 6.45) is 0. The average molecular weight is 378 g/mol. The topological polar surface area (TPSA) is 67.9 Å². The molecular weight excluding hydrogens is 358 g/mol. The smallest absolute Gasteiger partial charge is 0.251 e. The van der Waals surface area contributed by atoms with Gasteiger partial charge in [0.15, 0.2) is 11.6 Å². The van der Waals surface area contributed by atoms with E-state index < -0.39 is 11.6 Å². The first kappa shape index (κ1) is 20.2. The first-order valence-electron chi connectivity index (χ1n) is 8.10. The second-order valence-electron chi connectivity index (χ2n) is 5.63. The van der Waals surface area contributed by atoms with Crippen molar-refractivity contribution in [1.29, 1.82) is 0 Å². The Morgan fingerprint density at radius 2 is 1.63 bits per heavy atom. The van der Waals surface area contributed by atoms with Crippen molar-refractivity contribution in [1.82, 2.24) is 5.32 Å². The number of nitrogens with zero attached hydrogens (tertiary/aromatic N) is 1. The summed E-state index contributed by atoms with van der Waals surface area (Å²) in [6, 6.07) is 7.92. The van der Waals surface area contributed by atoms with Crippen LogP contribution in [0.1, 0.15) is 17.3 Å². The van der Waals surface area contributed by atoms with Crippen LogP contribution in [0.3, 0.4) is 0 Å². The van der Waals surface area contributed by atoms with Gasteiger partial charge in [0.05, 0.1) is 14.2 Å². The molecule has 0 bridgehead atoms. The number of rotatable bonds is 7. The van der Waals surface area contributed by atoms with E-state index in [2.05, 4.69) is 5.32 Å². The number of nitrogens with one attached hydrogen (secondary N) is 1. The van der Waals surface area contributed by atoms with E-state index in [1.165, 1.54) is 32.1 Å². The summed E-state index contributed by atoms with van der Waals surface area (Å²) in [7, 11) is 2.95. The van der Waals surface area contributed by atoms with Crippen LogP contribution in [-0.2, 0) is 4.79 Å². The molecule has 0 aromatic heterocycles. The van der Waals surface area contributed by atoms with Crippen molar-refractivity contribution >= 4 is 17.5 Å². The lowest BCUT2D eigenvalue weighted by molar-refractivity contribution is -0.116. The fourth-order valence-electron chi connectivity index (χ4n) is 2.44. The van der Waals surface area contributed by atoms with Crippen LogP contribution >= 0.6 is 0 Å². The van der Waals surface area contributed by atoms with Gasteiger partial charge in [-0.2, -0.15) is 0 Å². The van der Waals surface area contributed by atoms with Gasteiger partial charge in [0, 0.05) is 43.4 Å². The normalized spacial score (nSPS) is 10.3. The second kappa shape index (κ2) is 8.98. The zero-order valence-electron chi connectivity index (χ0n) is 15.2. The first-order valence-corrected chi connectivity index (χ1v) is 8.10. The van der Waals surface area contributed by atoms with Gasteiger partial charge in [-0.05, 0) is 24.3 Å². The summed E-state index contributed by atoms with van der Waals surface area (Å²) in [5.41, 5.74) is 0.534. The number of hydrogen-bond donors (Lipinski definition) is 1. The lowest BCUT2D eigenvalue weighted by atomic mass is 10.2. The standard InChI is InChI=1S/C19H20F2N2O4/c1-12(24)23(14-4-5-17(20)18(21)10-14)7-6-22-19(25)13-8-15(26-2)11-16(9-13)27-3/h4-5,8-11H,6-7H2,1-3H3,(H,22,25). The average Bonchev–Trinajstić information content (AvgIpc) is 2.66. The molecule has 0 unspecified atom stereocenters. The van der Waals surface area contributed by atoms with E-state index in [1.54, 1.807) is 18.2 Å². The molecule has 6 nitrogen and oxygen atoms in total. The molecule has 0 spiro atoms. The molecule has 0 heterocycles. The van der Waals surface area contributed by atoms with Gasteiger partial charge in [0.25, 0.3) is 5.91 Å². The van der Waals surface area contributed by atoms with Gasteiger partial charge < -0.3 is 19.7 Å². The number of carbonyl (C=O) groups excluding carboxylic acids is 2. The number of halogens is 2. The number of hydrogen-bond acceptors (Lipinski definition) is 4. The van der Waals surface area contributed by atoms with E-state index in [0.29, 0.717) is 17.1 Å². The Balaban J connectivity index is 2.05. The van der Waals surface area contributed by atoms with Crippen molar-refractivity contribution in [3.63, 3.8) is 0 Å². The largest absolute Gasteiger partial charge is 0.497 e. The molecule has 0 aliphatic rings. The molecule has 144 valence electrons. The van der Waals surface area contributed by atoms with Crippen LogP contribution in [0.2, 0.25) is 0 Å². The monoisotopic (exact) mass is 378 g/mol. The lowest BCUT2D eigenvalue weighted by Crippen LogP contribution is -2.37. The number of benzene rings is 2. The van der Waals surface area contributed by atoms with Gasteiger partial charge in [-0.15, -0.1) is 0 Å². The Hall–Kier alpha value is -3.16. The van der Waals surface area contributed by atoms with Crippen molar-refractivity contribution in [2.75, 3.05) is 32.2 Å². The quantitative estimate of drug-likeness (QED) is 0.805. The van der Waals surface area contributed by atoms with Gasteiger partial charge in [-0.1, -0.05) is 0 Å². The van der Waals surface area contributed by atoms with Gasteiger partial charge >= 0.3 is 0 Å². The van der Waals surface area contributed by atoms with Gasteiger partial charge in [-0.3, -0.25) is 9.59 Å². The molecule has 0 fully saturated rings. The third-order valence-corrected chi connectivity index (χ3v) is 3.83. The predicted molar refractivity (Wildman–Crippen MR) is 96.3 cm³/mol. The highest BCUT2D eigenvalue weighted by Crippen LogP contribution is 2.22. The summed E-state index contributed by atoms with van der Waals surface area (Å²) in [5, 5.41) is 2.67. The van der Waals surface area contributed by atoms with Crippen LogP contribution in [0.5, 0.6) is 11.5 Å². The minimum atomic E-state index is -1.05. The van der Waals surface area contributed by atoms with Gasteiger partial charge in [0.1, 0.15) is 11.5 Å². The zero-order valence-corrected chi connectivity index (χ0v) is 15.2. The Kier molecular flexibility index (Phi) is 6.70. The van der Waals surface area contributed by atoms with E-state index >= 15 is 0 Å². The van der Waals surface area contributed by atoms with E-state index in [-0.39, 0.29) is 30.6 Å². The first-order chi connectivity index (χ1) is 12.8. The molecule has 2 aromatic carbocycles. The molecule has 2 rings (SSSR count). The van der Waals surface area contributed by atoms with Crippen LogP contribution in [0.4, 0.5) is 14.5 Å². The Labute approximate surface area is 155 Å². The number of methoxy groups -OCH3 is 2. The Morgan fingerprint density at radius 1 is 1.00 bits per heavy atom. The maximum absolute atomic E-state index is 13.4. The summed E-state index contributed by atoms with van der Waals surface area (Å²) in [4.78, 5) is 25.4. The van der Waals surface area contributed by atoms with Crippen LogP contribution in [0.25, 0.3) is 0 Å². The number of anilines is 1. The highest BCUT2D eigenvalue weighted by Gasteiger charge is 2.15. The fourth-order valence-corrected chi connectivity index (χ4v) is 2.44. The molecule has 0 radical (unpaired) electrons. The molecule has 0 aliphatic carbocycles. The van der Waals surface area contributed by atoms with Crippen LogP contribution < -0.4 is 19.7 Å². The van der Waals surface area contributed by atoms with Crippen molar-refractivity contribution in [3.05, 3.63) is 53.6 Å². The summed E-state index contributed by atoms with van der Waals surface area (Å²) < 4.78 is 36.7. The summed E-state index contributed by atoms with van der Waals surface area (Å²) in [5.74, 6) is -1.87. The molecule has 0 atom stereocenters. The molecule has 2 aromatic rings. The van der Waals surface area contributed by atoms with Crippen molar-refractivity contribution in [2.24, 2.45) is 0 Å². The predicted octanol–water partition coefficient (Wildman–Crippen LogP) is 2.76. The fraction of sp³-hybridized carbons (Fsp3) is 0.263. The SMILES string of the molecule is COc1cc(OC)cc(C(=O)NCCN(C(C)=O)c2ccc(F)c(F)c2)c1. The van der Waals surface area contributed by atoms with Gasteiger partial charge in [0.2, 0.25) is 5.91 Å². The third kappa shape index (κ3) is 5.16. The van der Waals surface area contributed by atoms with E-state index in [1.807, 2.05) is 0 Å². The third-order valence-electron chi connectivity index (χ3n) is 3.83. The van der Waals surface area contributed by atoms with Gasteiger partial charge in [-0.25, -0.2) is 8.78 Å². The van der Waals surface area contributed by atoms with E-state index in [4.69, 9.17) is 9.47 Å². The van der Waals surface area contributed by atoms with E-state index in [0.717, 1.165) is 12.1 Å². The number of carbonyl (C=O) groups is 2. The Bertz CT molecular complexity index is 820. The molecule has 1 N–H and O–H groups in total. The maximum atomic E-state index is 13.4. The highest BCUT2D eigenvalue weighted by atomic mass is 19.2. The summed E-state index contributed by atoms with van der Waals surface area (Å²) in [6.45, 7) is 1.50. The van der Waals surface area contributed by atoms with Crippen molar-refractivity contribution in [2.45, 2.75) is 6.92 Å².